The SMILES string of the molecule is Cc1c(C(=O)NCC(O)C(C)C)cnn1-c1ccc(F)cc1. The van der Waals surface area contributed by atoms with Crippen molar-refractivity contribution in [1.82, 2.24) is 15.1 Å². The molecule has 0 aliphatic heterocycles. The van der Waals surface area contributed by atoms with Gasteiger partial charge in [0.2, 0.25) is 0 Å². The van der Waals surface area contributed by atoms with Crippen LogP contribution in [0.1, 0.15) is 29.9 Å². The molecule has 0 radical (unpaired) electrons. The number of carbonyl (C=O) groups excluding carboxylic acids is 1. The summed E-state index contributed by atoms with van der Waals surface area (Å²) in [6.07, 6.45) is 0.881. The molecule has 1 unspecified atom stereocenters. The number of benzene rings is 1. The summed E-state index contributed by atoms with van der Waals surface area (Å²) < 4.78 is 14.5. The van der Waals surface area contributed by atoms with Gasteiger partial charge < -0.3 is 10.4 Å². The molecule has 0 aliphatic carbocycles. The molecule has 6 heteroatoms. The van der Waals surface area contributed by atoms with E-state index in [0.717, 1.165) is 0 Å². The number of hydrogen-bond donors (Lipinski definition) is 2. The lowest BCUT2D eigenvalue weighted by Gasteiger charge is -2.14. The van der Waals surface area contributed by atoms with Gasteiger partial charge in [-0.2, -0.15) is 5.10 Å². The first-order chi connectivity index (χ1) is 10.4. The van der Waals surface area contributed by atoms with Gasteiger partial charge in [-0.3, -0.25) is 4.79 Å². The minimum absolute atomic E-state index is 0.0725. The number of aromatic nitrogens is 2. The quantitative estimate of drug-likeness (QED) is 0.888. The van der Waals surface area contributed by atoms with Gasteiger partial charge in [-0.05, 0) is 37.1 Å². The van der Waals surface area contributed by atoms with Crippen LogP contribution in [0.25, 0.3) is 5.69 Å². The normalized spacial score (nSPS) is 12.5. The summed E-state index contributed by atoms with van der Waals surface area (Å²) in [5, 5.41) is 16.6. The van der Waals surface area contributed by atoms with E-state index in [-0.39, 0.29) is 24.2 Å². The van der Waals surface area contributed by atoms with Crippen LogP contribution in [0.4, 0.5) is 4.39 Å². The zero-order valence-electron chi connectivity index (χ0n) is 12.9. The van der Waals surface area contributed by atoms with Gasteiger partial charge in [0.05, 0.1) is 29.2 Å². The highest BCUT2D eigenvalue weighted by Gasteiger charge is 2.17. The number of carbonyl (C=O) groups is 1. The highest BCUT2D eigenvalue weighted by molar-refractivity contribution is 5.95. The number of aliphatic hydroxyl groups is 1. The second kappa shape index (κ2) is 6.70. The van der Waals surface area contributed by atoms with Gasteiger partial charge >= 0.3 is 0 Å². The van der Waals surface area contributed by atoms with Crippen molar-refractivity contribution >= 4 is 5.91 Å². The molecule has 118 valence electrons. The van der Waals surface area contributed by atoms with E-state index >= 15 is 0 Å². The largest absolute Gasteiger partial charge is 0.391 e. The first-order valence-electron chi connectivity index (χ1n) is 7.17. The zero-order chi connectivity index (χ0) is 16.3. The second-order valence-electron chi connectivity index (χ2n) is 5.55. The third-order valence-electron chi connectivity index (χ3n) is 3.57. The maximum Gasteiger partial charge on any atom is 0.254 e. The minimum Gasteiger partial charge on any atom is -0.391 e. The molecule has 22 heavy (non-hydrogen) atoms. The van der Waals surface area contributed by atoms with Crippen LogP contribution in [0, 0.1) is 18.7 Å². The Morgan fingerprint density at radius 1 is 1.36 bits per heavy atom. The Labute approximate surface area is 128 Å². The van der Waals surface area contributed by atoms with Crippen molar-refractivity contribution < 1.29 is 14.3 Å². The molecule has 2 N–H and O–H groups in total. The van der Waals surface area contributed by atoms with E-state index in [0.29, 0.717) is 16.9 Å². The van der Waals surface area contributed by atoms with Crippen LogP contribution in [0.5, 0.6) is 0 Å². The molecule has 0 saturated heterocycles. The van der Waals surface area contributed by atoms with Gasteiger partial charge in [0.1, 0.15) is 5.82 Å². The van der Waals surface area contributed by atoms with Gasteiger partial charge in [-0.15, -0.1) is 0 Å². The number of halogens is 1. The average Bonchev–Trinajstić information content (AvgIpc) is 2.87. The molecule has 1 heterocycles. The van der Waals surface area contributed by atoms with Crippen LogP contribution >= 0.6 is 0 Å². The maximum atomic E-state index is 13.0. The molecule has 2 aromatic rings. The average molecular weight is 305 g/mol. The Morgan fingerprint density at radius 2 is 2.00 bits per heavy atom. The molecule has 0 saturated carbocycles. The molecule has 5 nitrogen and oxygen atoms in total. The number of hydrogen-bond acceptors (Lipinski definition) is 3. The maximum absolute atomic E-state index is 13.0. The van der Waals surface area contributed by atoms with Gasteiger partial charge in [0.15, 0.2) is 0 Å². The lowest BCUT2D eigenvalue weighted by Crippen LogP contribution is -2.34. The summed E-state index contributed by atoms with van der Waals surface area (Å²) in [5.74, 6) is -0.539. The summed E-state index contributed by atoms with van der Waals surface area (Å²) >= 11 is 0. The van der Waals surface area contributed by atoms with E-state index in [4.69, 9.17) is 0 Å². The molecular weight excluding hydrogens is 285 g/mol. The molecule has 1 atom stereocenters. The summed E-state index contributed by atoms with van der Waals surface area (Å²) in [5.41, 5.74) is 1.77. The molecule has 0 spiro atoms. The van der Waals surface area contributed by atoms with Gasteiger partial charge in [0.25, 0.3) is 5.91 Å². The van der Waals surface area contributed by atoms with Gasteiger partial charge in [0, 0.05) is 6.54 Å². The molecule has 0 bridgehead atoms. The smallest absolute Gasteiger partial charge is 0.254 e. The lowest BCUT2D eigenvalue weighted by molar-refractivity contribution is 0.0871. The summed E-state index contributed by atoms with van der Waals surface area (Å²) in [7, 11) is 0. The fourth-order valence-electron chi connectivity index (χ4n) is 2.00. The highest BCUT2D eigenvalue weighted by atomic mass is 19.1. The van der Waals surface area contributed by atoms with Crippen molar-refractivity contribution in [2.24, 2.45) is 5.92 Å². The fraction of sp³-hybridized carbons (Fsp3) is 0.375. The topological polar surface area (TPSA) is 67.2 Å². The van der Waals surface area contributed by atoms with Crippen LogP contribution in [0.3, 0.4) is 0 Å². The molecular formula is C16H20FN3O2. The molecule has 2 rings (SSSR count). The number of nitrogens with zero attached hydrogens (tertiary/aromatic N) is 2. The Hall–Kier alpha value is -2.21. The first kappa shape index (κ1) is 16.2. The van der Waals surface area contributed by atoms with Crippen LogP contribution in [-0.4, -0.2) is 33.4 Å². The van der Waals surface area contributed by atoms with Gasteiger partial charge in [-0.25, -0.2) is 9.07 Å². The van der Waals surface area contributed by atoms with Crippen molar-refractivity contribution in [3.05, 3.63) is 47.5 Å². The summed E-state index contributed by atoms with van der Waals surface area (Å²) in [4.78, 5) is 12.2. The van der Waals surface area contributed by atoms with Crippen molar-refractivity contribution in [3.63, 3.8) is 0 Å². The van der Waals surface area contributed by atoms with E-state index in [2.05, 4.69) is 10.4 Å². The summed E-state index contributed by atoms with van der Waals surface area (Å²) in [6, 6.07) is 5.88. The highest BCUT2D eigenvalue weighted by Crippen LogP contribution is 2.14. The van der Waals surface area contributed by atoms with Crippen molar-refractivity contribution in [3.8, 4) is 5.69 Å². The lowest BCUT2D eigenvalue weighted by atomic mass is 10.1. The first-order valence-corrected chi connectivity index (χ1v) is 7.17. The molecule has 1 aromatic heterocycles. The molecule has 1 aromatic carbocycles. The van der Waals surface area contributed by atoms with Crippen LogP contribution in [-0.2, 0) is 0 Å². The van der Waals surface area contributed by atoms with Gasteiger partial charge in [-0.1, -0.05) is 13.8 Å². The van der Waals surface area contributed by atoms with E-state index in [9.17, 15) is 14.3 Å². The Bertz CT molecular complexity index is 650. The van der Waals surface area contributed by atoms with Crippen LogP contribution in [0.2, 0.25) is 0 Å². The van der Waals surface area contributed by atoms with Crippen molar-refractivity contribution in [2.75, 3.05) is 6.54 Å². The van der Waals surface area contributed by atoms with Crippen molar-refractivity contribution in [2.45, 2.75) is 26.9 Å². The standard InChI is InChI=1S/C16H20FN3O2/c1-10(2)15(21)9-18-16(22)14-8-19-20(11(14)3)13-6-4-12(17)5-7-13/h4-8,10,15,21H,9H2,1-3H3,(H,18,22). The minimum atomic E-state index is -0.587. The van der Waals surface area contributed by atoms with Crippen LogP contribution in [0.15, 0.2) is 30.5 Å². The monoisotopic (exact) mass is 305 g/mol. The zero-order valence-corrected chi connectivity index (χ0v) is 12.9. The molecule has 0 fully saturated rings. The van der Waals surface area contributed by atoms with E-state index in [1.54, 1.807) is 23.7 Å². The van der Waals surface area contributed by atoms with Crippen molar-refractivity contribution in [1.29, 1.82) is 0 Å². The van der Waals surface area contributed by atoms with E-state index < -0.39 is 6.10 Å². The fourth-order valence-corrected chi connectivity index (χ4v) is 2.00. The predicted molar refractivity (Wildman–Crippen MR) is 81.4 cm³/mol. The van der Waals surface area contributed by atoms with E-state index in [1.807, 2.05) is 13.8 Å². The summed E-state index contributed by atoms with van der Waals surface area (Å²) in [6.45, 7) is 5.73. The number of amides is 1. The number of rotatable bonds is 5. The Kier molecular flexibility index (Phi) is 4.92. The third-order valence-corrected chi connectivity index (χ3v) is 3.57. The Balaban J connectivity index is 2.13. The number of aliphatic hydroxyl groups excluding tert-OH is 1. The molecule has 1 amide bonds. The predicted octanol–water partition coefficient (Wildman–Crippen LogP) is 2.07. The second-order valence-corrected chi connectivity index (χ2v) is 5.55. The van der Waals surface area contributed by atoms with E-state index in [1.165, 1.54) is 18.3 Å². The Morgan fingerprint density at radius 3 is 2.59 bits per heavy atom. The third kappa shape index (κ3) is 3.51. The number of nitrogens with one attached hydrogen (secondary N) is 1. The molecule has 0 aliphatic rings. The van der Waals surface area contributed by atoms with Crippen LogP contribution < -0.4 is 5.32 Å².